The number of hydrogen-bond donors (Lipinski definition) is 0. The van der Waals surface area contributed by atoms with E-state index in [0.29, 0.717) is 6.42 Å². The van der Waals surface area contributed by atoms with Gasteiger partial charge in [-0.3, -0.25) is 0 Å². The van der Waals surface area contributed by atoms with Gasteiger partial charge in [0.05, 0.1) is 11.9 Å². The zero-order chi connectivity index (χ0) is 12.8. The summed E-state index contributed by atoms with van der Waals surface area (Å²) in [5.41, 5.74) is -0.814. The second-order valence-corrected chi connectivity index (χ2v) is 4.87. The zero-order valence-electron chi connectivity index (χ0n) is 11.0. The monoisotopic (exact) mass is 268 g/mol. The van der Waals surface area contributed by atoms with Crippen molar-refractivity contribution in [2.75, 3.05) is 0 Å². The average Bonchev–Trinajstić information content (AvgIpc) is 2.10. The van der Waals surface area contributed by atoms with E-state index in [9.17, 15) is 19.8 Å². The van der Waals surface area contributed by atoms with E-state index in [0.717, 1.165) is 25.7 Å². The zero-order valence-corrected chi connectivity index (χ0v) is 13.2. The SMILES string of the molecule is CCCCCCC(C)(C)C(C(=O)[O-])C(=O)[O-].[Ca+2]. The number of hydrogen-bond acceptors (Lipinski definition) is 4. The first-order chi connectivity index (χ1) is 7.33. The average molecular weight is 268 g/mol. The maximum Gasteiger partial charge on any atom is 2.00 e. The van der Waals surface area contributed by atoms with Gasteiger partial charge in [0.15, 0.2) is 0 Å². The maximum absolute atomic E-state index is 10.7. The van der Waals surface area contributed by atoms with E-state index in [4.69, 9.17) is 0 Å². The summed E-state index contributed by atoms with van der Waals surface area (Å²) < 4.78 is 0. The number of unbranched alkanes of at least 4 members (excludes halogenated alkanes) is 3. The molecule has 0 aliphatic rings. The first-order valence-corrected chi connectivity index (χ1v) is 5.74. The van der Waals surface area contributed by atoms with E-state index in [1.807, 2.05) is 0 Å². The molecule has 0 saturated carbocycles. The van der Waals surface area contributed by atoms with Gasteiger partial charge in [-0.1, -0.05) is 46.5 Å². The minimum Gasteiger partial charge on any atom is -0.549 e. The molecule has 0 aromatic heterocycles. The van der Waals surface area contributed by atoms with Crippen molar-refractivity contribution >= 4 is 49.7 Å². The predicted molar refractivity (Wildman–Crippen MR) is 61.8 cm³/mol. The number of carboxylic acids is 2. The Hall–Kier alpha value is 0.200. The number of carboxylic acid groups (broad SMARTS) is 2. The molecule has 0 amide bonds. The first-order valence-electron chi connectivity index (χ1n) is 5.74. The number of aliphatic carboxylic acids is 2. The maximum atomic E-state index is 10.7. The van der Waals surface area contributed by atoms with Crippen molar-refractivity contribution in [3.8, 4) is 0 Å². The predicted octanol–water partition coefficient (Wildman–Crippen LogP) is -0.282. The summed E-state index contributed by atoms with van der Waals surface area (Å²) in [5, 5.41) is 21.5. The van der Waals surface area contributed by atoms with E-state index in [1.165, 1.54) is 0 Å². The molecule has 94 valence electrons. The summed E-state index contributed by atoms with van der Waals surface area (Å²) >= 11 is 0. The molecule has 0 unspecified atom stereocenters. The number of carbonyl (C=O) groups is 2. The van der Waals surface area contributed by atoms with Gasteiger partial charge in [0.2, 0.25) is 0 Å². The molecule has 0 spiro atoms. The third kappa shape index (κ3) is 7.27. The fourth-order valence-corrected chi connectivity index (χ4v) is 1.89. The molecule has 0 bridgehead atoms. The van der Waals surface area contributed by atoms with Gasteiger partial charge in [-0.05, 0) is 11.8 Å². The van der Waals surface area contributed by atoms with Crippen molar-refractivity contribution in [3.05, 3.63) is 0 Å². The second-order valence-electron chi connectivity index (χ2n) is 4.87. The summed E-state index contributed by atoms with van der Waals surface area (Å²) in [6.45, 7) is 5.35. The van der Waals surface area contributed by atoms with Crippen LogP contribution in [0.15, 0.2) is 0 Å². The molecule has 5 heteroatoms. The Balaban J connectivity index is 0. The summed E-state index contributed by atoms with van der Waals surface area (Å²) in [7, 11) is 0. The Labute approximate surface area is 133 Å². The molecule has 0 fully saturated rings. The Morgan fingerprint density at radius 1 is 1.06 bits per heavy atom. The Kier molecular flexibility index (Phi) is 10.5. The van der Waals surface area contributed by atoms with Crippen LogP contribution in [0.25, 0.3) is 0 Å². The fourth-order valence-electron chi connectivity index (χ4n) is 1.89. The minimum absolute atomic E-state index is 0. The van der Waals surface area contributed by atoms with E-state index in [2.05, 4.69) is 6.92 Å². The second kappa shape index (κ2) is 9.17. The fraction of sp³-hybridized carbons (Fsp3) is 0.833. The van der Waals surface area contributed by atoms with Gasteiger partial charge >= 0.3 is 37.7 Å². The smallest absolute Gasteiger partial charge is 0.549 e. The molecule has 0 aromatic rings. The van der Waals surface area contributed by atoms with Gasteiger partial charge in [-0.25, -0.2) is 0 Å². The Bertz CT molecular complexity index is 237. The van der Waals surface area contributed by atoms with E-state index in [-0.39, 0.29) is 37.7 Å². The van der Waals surface area contributed by atoms with E-state index in [1.54, 1.807) is 13.8 Å². The van der Waals surface area contributed by atoms with Crippen molar-refractivity contribution in [1.82, 2.24) is 0 Å². The normalized spacial score (nSPS) is 11.1. The Morgan fingerprint density at radius 3 is 1.88 bits per heavy atom. The van der Waals surface area contributed by atoms with Crippen LogP contribution < -0.4 is 10.2 Å². The van der Waals surface area contributed by atoms with Crippen LogP contribution in [0.1, 0.15) is 52.9 Å². The third-order valence-electron chi connectivity index (χ3n) is 2.93. The molecule has 4 nitrogen and oxygen atoms in total. The topological polar surface area (TPSA) is 80.3 Å². The van der Waals surface area contributed by atoms with Crippen LogP contribution in [0.4, 0.5) is 0 Å². The molecule has 0 atom stereocenters. The van der Waals surface area contributed by atoms with Crippen molar-refractivity contribution in [2.24, 2.45) is 11.3 Å². The van der Waals surface area contributed by atoms with Gasteiger partial charge in [0.1, 0.15) is 0 Å². The number of rotatable bonds is 8. The van der Waals surface area contributed by atoms with Gasteiger partial charge in [0.25, 0.3) is 0 Å². The molecule has 0 radical (unpaired) electrons. The molecular formula is C12H20CaO4. The molecule has 17 heavy (non-hydrogen) atoms. The largest absolute Gasteiger partial charge is 2.00 e. The number of carbonyl (C=O) groups excluding carboxylic acids is 2. The minimum atomic E-state index is -1.56. The van der Waals surface area contributed by atoms with Crippen molar-refractivity contribution in [2.45, 2.75) is 52.9 Å². The van der Waals surface area contributed by atoms with Gasteiger partial charge in [-0.15, -0.1) is 0 Å². The summed E-state index contributed by atoms with van der Waals surface area (Å²) in [5.74, 6) is -4.64. The standard InChI is InChI=1S/C12H22O4.Ca/c1-4-5-6-7-8-12(2,3)9(10(13)14)11(15)16;/h9H,4-8H2,1-3H3,(H,13,14)(H,15,16);/q;+2/p-2. The van der Waals surface area contributed by atoms with Crippen LogP contribution in [0.5, 0.6) is 0 Å². The van der Waals surface area contributed by atoms with Crippen molar-refractivity contribution in [1.29, 1.82) is 0 Å². The van der Waals surface area contributed by atoms with Crippen molar-refractivity contribution < 1.29 is 19.8 Å². The molecule has 0 aliphatic heterocycles. The summed E-state index contributed by atoms with van der Waals surface area (Å²) in [4.78, 5) is 21.5. The van der Waals surface area contributed by atoms with Crippen LogP contribution in [0.3, 0.4) is 0 Å². The molecular weight excluding hydrogens is 248 g/mol. The molecule has 0 saturated heterocycles. The van der Waals surface area contributed by atoms with Crippen LogP contribution in [0, 0.1) is 11.3 Å². The van der Waals surface area contributed by atoms with Crippen LogP contribution in [-0.2, 0) is 9.59 Å². The molecule has 0 aromatic carbocycles. The van der Waals surface area contributed by atoms with E-state index < -0.39 is 23.3 Å². The third-order valence-corrected chi connectivity index (χ3v) is 2.93. The van der Waals surface area contributed by atoms with Crippen molar-refractivity contribution in [3.63, 3.8) is 0 Å². The molecule has 0 aliphatic carbocycles. The van der Waals surface area contributed by atoms with Crippen LogP contribution in [0.2, 0.25) is 0 Å². The Morgan fingerprint density at radius 2 is 1.53 bits per heavy atom. The van der Waals surface area contributed by atoms with Gasteiger partial charge in [-0.2, -0.15) is 0 Å². The summed E-state index contributed by atoms with van der Waals surface area (Å²) in [6.07, 6.45) is 4.55. The van der Waals surface area contributed by atoms with Crippen LogP contribution in [-0.4, -0.2) is 49.7 Å². The van der Waals surface area contributed by atoms with E-state index >= 15 is 0 Å². The first kappa shape index (κ1) is 19.5. The van der Waals surface area contributed by atoms with Gasteiger partial charge < -0.3 is 19.8 Å². The van der Waals surface area contributed by atoms with Crippen LogP contribution >= 0.6 is 0 Å². The van der Waals surface area contributed by atoms with Gasteiger partial charge in [0, 0.05) is 5.92 Å². The molecule has 0 rings (SSSR count). The molecule has 0 heterocycles. The molecule has 0 N–H and O–H groups in total. The summed E-state index contributed by atoms with van der Waals surface area (Å²) in [6, 6.07) is 0. The quantitative estimate of drug-likeness (QED) is 0.344.